The van der Waals surface area contributed by atoms with Gasteiger partial charge in [-0.1, -0.05) is 0 Å². The van der Waals surface area contributed by atoms with E-state index in [2.05, 4.69) is 9.98 Å². The number of hydrogen-bond donors (Lipinski definition) is 1. The number of nitrogens with two attached hydrogens (primary N) is 1. The highest BCUT2D eigenvalue weighted by molar-refractivity contribution is 6.30. The van der Waals surface area contributed by atoms with E-state index in [-0.39, 0.29) is 0 Å². The molecule has 1 rings (SSSR count). The first kappa shape index (κ1) is 5.44. The number of aliphatic imine (C=N–C) groups is 2. The van der Waals surface area contributed by atoms with E-state index in [4.69, 9.17) is 5.73 Å². The standard InChI is InChI=1S/C5H9N3/c1-4-3-7-5(2,6)8-4/h3H,6H2,1-2H3. The monoisotopic (exact) mass is 111 g/mol. The van der Waals surface area contributed by atoms with E-state index in [1.807, 2.05) is 6.92 Å². The highest BCUT2D eigenvalue weighted by Crippen LogP contribution is 2.07. The molecule has 0 spiro atoms. The van der Waals surface area contributed by atoms with Crippen LogP contribution in [-0.2, 0) is 0 Å². The molecule has 0 aromatic heterocycles. The molecule has 1 heterocycles. The Hall–Kier alpha value is -0.700. The van der Waals surface area contributed by atoms with Crippen LogP contribution in [0.15, 0.2) is 9.98 Å². The van der Waals surface area contributed by atoms with Crippen molar-refractivity contribution in [3.8, 4) is 0 Å². The Labute approximate surface area is 48.3 Å². The highest BCUT2D eigenvalue weighted by atomic mass is 15.2. The van der Waals surface area contributed by atoms with Crippen LogP contribution in [-0.4, -0.2) is 17.7 Å². The summed E-state index contributed by atoms with van der Waals surface area (Å²) in [5.41, 5.74) is 6.38. The number of nitrogens with zero attached hydrogens (tertiary/aromatic N) is 2. The van der Waals surface area contributed by atoms with Gasteiger partial charge in [-0.2, -0.15) is 0 Å². The van der Waals surface area contributed by atoms with Gasteiger partial charge in [-0.15, -0.1) is 0 Å². The van der Waals surface area contributed by atoms with E-state index in [0.29, 0.717) is 0 Å². The second-order valence-electron chi connectivity index (χ2n) is 2.11. The summed E-state index contributed by atoms with van der Waals surface area (Å²) < 4.78 is 0. The van der Waals surface area contributed by atoms with E-state index in [1.165, 1.54) is 0 Å². The van der Waals surface area contributed by atoms with Gasteiger partial charge in [0.1, 0.15) is 0 Å². The van der Waals surface area contributed by atoms with Gasteiger partial charge in [-0.05, 0) is 13.8 Å². The van der Waals surface area contributed by atoms with Gasteiger partial charge in [0, 0.05) is 6.21 Å². The van der Waals surface area contributed by atoms with Gasteiger partial charge in [-0.25, -0.2) is 9.98 Å². The quantitative estimate of drug-likeness (QED) is 0.475. The van der Waals surface area contributed by atoms with Gasteiger partial charge in [-0.3, -0.25) is 5.73 Å². The van der Waals surface area contributed by atoms with Gasteiger partial charge in [0.2, 0.25) is 0 Å². The van der Waals surface area contributed by atoms with Crippen LogP contribution in [0.5, 0.6) is 0 Å². The van der Waals surface area contributed by atoms with E-state index >= 15 is 0 Å². The summed E-state index contributed by atoms with van der Waals surface area (Å²) in [6.45, 7) is 3.64. The van der Waals surface area contributed by atoms with Crippen LogP contribution in [0.4, 0.5) is 0 Å². The fraction of sp³-hybridized carbons (Fsp3) is 0.600. The summed E-state index contributed by atoms with van der Waals surface area (Å²) in [5, 5.41) is 0. The van der Waals surface area contributed by atoms with E-state index in [1.54, 1.807) is 13.1 Å². The van der Waals surface area contributed by atoms with Crippen LogP contribution < -0.4 is 5.73 Å². The largest absolute Gasteiger partial charge is 0.289 e. The third-order valence-electron chi connectivity index (χ3n) is 0.915. The van der Waals surface area contributed by atoms with Crippen LogP contribution in [0.2, 0.25) is 0 Å². The normalized spacial score (nSPS) is 35.6. The topological polar surface area (TPSA) is 50.7 Å². The molecule has 0 saturated carbocycles. The molecule has 8 heavy (non-hydrogen) atoms. The first-order valence-electron chi connectivity index (χ1n) is 2.51. The van der Waals surface area contributed by atoms with Crippen molar-refractivity contribution in [2.24, 2.45) is 15.7 Å². The summed E-state index contributed by atoms with van der Waals surface area (Å²) in [6, 6.07) is 0. The number of hydrogen-bond acceptors (Lipinski definition) is 3. The predicted molar refractivity (Wildman–Crippen MR) is 34.2 cm³/mol. The highest BCUT2D eigenvalue weighted by Gasteiger charge is 2.17. The van der Waals surface area contributed by atoms with Gasteiger partial charge < -0.3 is 0 Å². The van der Waals surface area contributed by atoms with Gasteiger partial charge >= 0.3 is 0 Å². The molecule has 44 valence electrons. The minimum absolute atomic E-state index is 0.677. The predicted octanol–water partition coefficient (Wildman–Crippen LogP) is 0.164. The van der Waals surface area contributed by atoms with Crippen molar-refractivity contribution in [3.05, 3.63) is 0 Å². The maximum absolute atomic E-state index is 5.48. The minimum Gasteiger partial charge on any atom is -0.289 e. The summed E-state index contributed by atoms with van der Waals surface area (Å²) in [4.78, 5) is 7.89. The Kier molecular flexibility index (Phi) is 0.942. The molecule has 0 amide bonds. The minimum atomic E-state index is -0.677. The zero-order valence-electron chi connectivity index (χ0n) is 5.05. The van der Waals surface area contributed by atoms with Crippen LogP contribution in [0, 0.1) is 0 Å². The molecule has 2 N–H and O–H groups in total. The Morgan fingerprint density at radius 2 is 2.38 bits per heavy atom. The van der Waals surface area contributed by atoms with Crippen molar-refractivity contribution in [2.75, 3.05) is 0 Å². The van der Waals surface area contributed by atoms with Crippen LogP contribution in [0.1, 0.15) is 13.8 Å². The number of rotatable bonds is 0. The smallest absolute Gasteiger partial charge is 0.199 e. The third-order valence-corrected chi connectivity index (χ3v) is 0.915. The van der Waals surface area contributed by atoms with Gasteiger partial charge in [0.15, 0.2) is 5.79 Å². The molecule has 0 radical (unpaired) electrons. The Morgan fingerprint density at radius 3 is 2.50 bits per heavy atom. The summed E-state index contributed by atoms with van der Waals surface area (Å²) in [7, 11) is 0. The van der Waals surface area contributed by atoms with Crippen molar-refractivity contribution >= 4 is 11.9 Å². The van der Waals surface area contributed by atoms with Crippen molar-refractivity contribution < 1.29 is 0 Å². The molecule has 3 heteroatoms. The molecule has 1 aliphatic rings. The van der Waals surface area contributed by atoms with E-state index < -0.39 is 5.79 Å². The lowest BCUT2D eigenvalue weighted by molar-refractivity contribution is 0.535. The molecule has 1 atom stereocenters. The zero-order valence-corrected chi connectivity index (χ0v) is 5.05. The fourth-order valence-electron chi connectivity index (χ4n) is 0.639. The Morgan fingerprint density at radius 1 is 1.75 bits per heavy atom. The lowest BCUT2D eigenvalue weighted by atomic mass is 10.5. The molecule has 0 aromatic carbocycles. The Bertz CT molecular complexity index is 155. The van der Waals surface area contributed by atoms with E-state index in [0.717, 1.165) is 5.71 Å². The molecule has 0 aromatic rings. The first-order chi connectivity index (χ1) is 3.60. The zero-order chi connectivity index (χ0) is 6.20. The molecule has 0 aliphatic carbocycles. The van der Waals surface area contributed by atoms with Gasteiger partial charge in [0.25, 0.3) is 0 Å². The van der Waals surface area contributed by atoms with Crippen molar-refractivity contribution in [1.82, 2.24) is 0 Å². The van der Waals surface area contributed by atoms with E-state index in [9.17, 15) is 0 Å². The van der Waals surface area contributed by atoms with Crippen LogP contribution in [0.25, 0.3) is 0 Å². The molecular weight excluding hydrogens is 102 g/mol. The lowest BCUT2D eigenvalue weighted by Gasteiger charge is -2.07. The molecular formula is C5H9N3. The average molecular weight is 111 g/mol. The SMILES string of the molecule is CC1=NC(C)(N)N=C1. The second kappa shape index (κ2) is 1.39. The summed E-state index contributed by atoms with van der Waals surface area (Å²) in [5.74, 6) is -0.677. The van der Waals surface area contributed by atoms with Crippen LogP contribution >= 0.6 is 0 Å². The molecule has 0 fully saturated rings. The van der Waals surface area contributed by atoms with Crippen molar-refractivity contribution in [2.45, 2.75) is 19.6 Å². The molecule has 3 nitrogen and oxygen atoms in total. The average Bonchev–Trinajstić information content (AvgIpc) is 1.82. The molecule has 1 aliphatic heterocycles. The summed E-state index contributed by atoms with van der Waals surface area (Å²) >= 11 is 0. The summed E-state index contributed by atoms with van der Waals surface area (Å²) in [6.07, 6.45) is 1.68. The third kappa shape index (κ3) is 0.924. The fourth-order valence-corrected chi connectivity index (χ4v) is 0.639. The maximum Gasteiger partial charge on any atom is 0.199 e. The first-order valence-corrected chi connectivity index (χ1v) is 2.51. The molecule has 1 unspecified atom stereocenters. The van der Waals surface area contributed by atoms with Crippen molar-refractivity contribution in [3.63, 3.8) is 0 Å². The molecule has 0 bridgehead atoms. The van der Waals surface area contributed by atoms with Gasteiger partial charge in [0.05, 0.1) is 5.71 Å². The Balaban J connectivity index is 2.84. The maximum atomic E-state index is 5.48. The molecule has 0 saturated heterocycles. The lowest BCUT2D eigenvalue weighted by Crippen LogP contribution is -2.28. The second-order valence-corrected chi connectivity index (χ2v) is 2.11. The van der Waals surface area contributed by atoms with Crippen molar-refractivity contribution in [1.29, 1.82) is 0 Å². The van der Waals surface area contributed by atoms with Crippen LogP contribution in [0.3, 0.4) is 0 Å².